The Labute approximate surface area is 71.5 Å². The van der Waals surface area contributed by atoms with Crippen molar-refractivity contribution in [1.82, 2.24) is 0 Å². The molecule has 0 aromatic carbocycles. The fraction of sp³-hybridized carbons (Fsp3) is 0.800. The molecule has 0 radical (unpaired) electrons. The SMILES string of the molecule is C=C(C)C.CCOC(C)(C)C. The maximum absolute atomic E-state index is 5.23. The number of hydrogen-bond donors (Lipinski definition) is 0. The van der Waals surface area contributed by atoms with Crippen molar-refractivity contribution in [3.05, 3.63) is 12.2 Å². The fourth-order valence-corrected chi connectivity index (χ4v) is 0.433. The molecular weight excluding hydrogens is 136 g/mol. The zero-order valence-electron chi connectivity index (χ0n) is 8.82. The van der Waals surface area contributed by atoms with Gasteiger partial charge >= 0.3 is 0 Å². The van der Waals surface area contributed by atoms with Gasteiger partial charge in [0.15, 0.2) is 0 Å². The monoisotopic (exact) mass is 158 g/mol. The predicted octanol–water partition coefficient (Wildman–Crippen LogP) is 3.40. The van der Waals surface area contributed by atoms with Crippen molar-refractivity contribution >= 4 is 0 Å². The lowest BCUT2D eigenvalue weighted by molar-refractivity contribution is 0.00532. The number of hydrogen-bond acceptors (Lipinski definition) is 1. The maximum Gasteiger partial charge on any atom is 0.0598 e. The topological polar surface area (TPSA) is 9.23 Å². The summed E-state index contributed by atoms with van der Waals surface area (Å²) in [6.07, 6.45) is 0. The first-order chi connectivity index (χ1) is 4.79. The molecule has 0 spiro atoms. The molecule has 0 saturated heterocycles. The Bertz CT molecular complexity index is 93.9. The van der Waals surface area contributed by atoms with Gasteiger partial charge in [-0.2, -0.15) is 0 Å². The van der Waals surface area contributed by atoms with Crippen molar-refractivity contribution in [2.24, 2.45) is 0 Å². The van der Waals surface area contributed by atoms with Crippen molar-refractivity contribution < 1.29 is 4.74 Å². The first-order valence-corrected chi connectivity index (χ1v) is 4.05. The summed E-state index contributed by atoms with van der Waals surface area (Å²) < 4.78 is 5.23. The summed E-state index contributed by atoms with van der Waals surface area (Å²) in [5.74, 6) is 0. The molecule has 0 aliphatic rings. The molecule has 68 valence electrons. The Hall–Kier alpha value is -0.300. The second-order valence-corrected chi connectivity index (χ2v) is 3.75. The van der Waals surface area contributed by atoms with Gasteiger partial charge in [0.2, 0.25) is 0 Å². The largest absolute Gasteiger partial charge is 0.376 e. The van der Waals surface area contributed by atoms with Crippen molar-refractivity contribution in [2.75, 3.05) is 6.61 Å². The van der Waals surface area contributed by atoms with Gasteiger partial charge < -0.3 is 4.74 Å². The lowest BCUT2D eigenvalue weighted by Crippen LogP contribution is -2.18. The average Bonchev–Trinajstić information content (AvgIpc) is 1.58. The Morgan fingerprint density at radius 3 is 1.55 bits per heavy atom. The van der Waals surface area contributed by atoms with Crippen molar-refractivity contribution in [1.29, 1.82) is 0 Å². The predicted molar refractivity (Wildman–Crippen MR) is 51.9 cm³/mol. The van der Waals surface area contributed by atoms with Crippen LogP contribution in [0.15, 0.2) is 12.2 Å². The van der Waals surface area contributed by atoms with Gasteiger partial charge in [-0.15, -0.1) is 6.58 Å². The van der Waals surface area contributed by atoms with Crippen LogP contribution in [0.3, 0.4) is 0 Å². The highest BCUT2D eigenvalue weighted by atomic mass is 16.5. The Morgan fingerprint density at radius 1 is 1.27 bits per heavy atom. The first-order valence-electron chi connectivity index (χ1n) is 4.05. The van der Waals surface area contributed by atoms with E-state index in [1.165, 1.54) is 5.57 Å². The van der Waals surface area contributed by atoms with Gasteiger partial charge in [-0.25, -0.2) is 0 Å². The highest BCUT2D eigenvalue weighted by Gasteiger charge is 2.06. The highest BCUT2D eigenvalue weighted by Crippen LogP contribution is 2.04. The van der Waals surface area contributed by atoms with Crippen molar-refractivity contribution in [3.63, 3.8) is 0 Å². The molecule has 0 saturated carbocycles. The Morgan fingerprint density at radius 2 is 1.55 bits per heavy atom. The van der Waals surface area contributed by atoms with E-state index in [9.17, 15) is 0 Å². The molecule has 0 N–H and O–H groups in total. The molecule has 0 atom stereocenters. The van der Waals surface area contributed by atoms with E-state index < -0.39 is 0 Å². The molecule has 0 heterocycles. The van der Waals surface area contributed by atoms with Crippen molar-refractivity contribution in [2.45, 2.75) is 47.1 Å². The summed E-state index contributed by atoms with van der Waals surface area (Å²) >= 11 is 0. The zero-order chi connectivity index (χ0) is 9.49. The van der Waals surface area contributed by atoms with Gasteiger partial charge in [0.25, 0.3) is 0 Å². The molecule has 0 aromatic rings. The summed E-state index contributed by atoms with van der Waals surface area (Å²) in [4.78, 5) is 0. The summed E-state index contributed by atoms with van der Waals surface area (Å²) in [6.45, 7) is 16.5. The standard InChI is InChI=1S/C6H14O.C4H8/c1-5-7-6(2,3)4;1-4(2)3/h5H2,1-4H3;1H2,2-3H3. The van der Waals surface area contributed by atoms with Crippen LogP contribution in [0.5, 0.6) is 0 Å². The summed E-state index contributed by atoms with van der Waals surface area (Å²) in [6, 6.07) is 0. The van der Waals surface area contributed by atoms with Crippen LogP contribution in [0.25, 0.3) is 0 Å². The third-order valence-corrected chi connectivity index (χ3v) is 0.577. The third-order valence-electron chi connectivity index (χ3n) is 0.577. The fourth-order valence-electron chi connectivity index (χ4n) is 0.433. The van der Waals surface area contributed by atoms with E-state index >= 15 is 0 Å². The molecule has 1 nitrogen and oxygen atoms in total. The molecule has 0 bridgehead atoms. The normalized spacial score (nSPS) is 10.0. The molecule has 0 aliphatic carbocycles. The molecule has 11 heavy (non-hydrogen) atoms. The van der Waals surface area contributed by atoms with E-state index in [0.717, 1.165) is 6.61 Å². The van der Waals surface area contributed by atoms with E-state index in [1.807, 2.05) is 20.8 Å². The number of allylic oxidation sites excluding steroid dienone is 1. The summed E-state index contributed by atoms with van der Waals surface area (Å²) in [5, 5.41) is 0. The van der Waals surface area contributed by atoms with E-state index in [4.69, 9.17) is 4.74 Å². The van der Waals surface area contributed by atoms with E-state index in [1.54, 1.807) is 0 Å². The molecule has 0 aromatic heterocycles. The Kier molecular flexibility index (Phi) is 7.75. The maximum atomic E-state index is 5.23. The van der Waals surface area contributed by atoms with Gasteiger partial charge in [-0.1, -0.05) is 5.57 Å². The lowest BCUT2D eigenvalue weighted by Gasteiger charge is -2.17. The summed E-state index contributed by atoms with van der Waals surface area (Å²) in [5.41, 5.74) is 1.22. The van der Waals surface area contributed by atoms with Crippen LogP contribution in [-0.4, -0.2) is 12.2 Å². The molecule has 0 fully saturated rings. The highest BCUT2D eigenvalue weighted by molar-refractivity contribution is 4.78. The second-order valence-electron chi connectivity index (χ2n) is 3.75. The van der Waals surface area contributed by atoms with Crippen LogP contribution < -0.4 is 0 Å². The van der Waals surface area contributed by atoms with Gasteiger partial charge in [-0.05, 0) is 41.5 Å². The van der Waals surface area contributed by atoms with E-state index in [2.05, 4.69) is 27.4 Å². The molecule has 0 unspecified atom stereocenters. The van der Waals surface area contributed by atoms with Gasteiger partial charge in [0.1, 0.15) is 0 Å². The van der Waals surface area contributed by atoms with Gasteiger partial charge in [-0.3, -0.25) is 0 Å². The van der Waals surface area contributed by atoms with E-state index in [-0.39, 0.29) is 5.60 Å². The summed E-state index contributed by atoms with van der Waals surface area (Å²) in [7, 11) is 0. The molecule has 0 aliphatic heterocycles. The van der Waals surface area contributed by atoms with Crippen LogP contribution in [-0.2, 0) is 4.74 Å². The van der Waals surface area contributed by atoms with Gasteiger partial charge in [0, 0.05) is 6.61 Å². The van der Waals surface area contributed by atoms with E-state index in [0.29, 0.717) is 0 Å². The van der Waals surface area contributed by atoms with Crippen LogP contribution in [0, 0.1) is 0 Å². The quantitative estimate of drug-likeness (QED) is 0.531. The molecular formula is C10H22O. The second kappa shape index (κ2) is 6.41. The van der Waals surface area contributed by atoms with Crippen LogP contribution in [0.4, 0.5) is 0 Å². The number of ether oxygens (including phenoxy) is 1. The third kappa shape index (κ3) is 42.0. The number of rotatable bonds is 1. The van der Waals surface area contributed by atoms with Gasteiger partial charge in [0.05, 0.1) is 5.60 Å². The van der Waals surface area contributed by atoms with Crippen molar-refractivity contribution in [3.8, 4) is 0 Å². The zero-order valence-corrected chi connectivity index (χ0v) is 8.82. The van der Waals surface area contributed by atoms with Crippen LogP contribution >= 0.6 is 0 Å². The average molecular weight is 158 g/mol. The molecule has 0 rings (SSSR count). The Balaban J connectivity index is 0. The minimum Gasteiger partial charge on any atom is -0.376 e. The molecule has 0 amide bonds. The molecule has 1 heteroatoms. The minimum atomic E-state index is 0.0503. The smallest absolute Gasteiger partial charge is 0.0598 e. The van der Waals surface area contributed by atoms with Crippen LogP contribution in [0.2, 0.25) is 0 Å². The minimum absolute atomic E-state index is 0.0503. The lowest BCUT2D eigenvalue weighted by atomic mass is 10.2. The van der Waals surface area contributed by atoms with Crippen LogP contribution in [0.1, 0.15) is 41.5 Å². The first kappa shape index (κ1) is 13.3.